The molecule has 0 aliphatic heterocycles. The summed E-state index contributed by atoms with van der Waals surface area (Å²) < 4.78 is 77.9. The molecule has 0 heterocycles. The Balaban J connectivity index is 2.48. The van der Waals surface area contributed by atoms with E-state index >= 15 is 0 Å². The van der Waals surface area contributed by atoms with Crippen molar-refractivity contribution in [2.75, 3.05) is 0 Å². The van der Waals surface area contributed by atoms with Crippen LogP contribution in [-0.4, -0.2) is 16.6 Å². The highest BCUT2D eigenvalue weighted by Gasteiger charge is 2.70. The maximum Gasteiger partial charge on any atom is 0.461 e. The Morgan fingerprint density at radius 2 is 1.61 bits per heavy atom. The molecule has 2 atom stereocenters. The minimum Gasteiger partial charge on any atom is -0.264 e. The highest BCUT2D eigenvalue weighted by Crippen LogP contribution is 2.51. The second-order valence-corrected chi connectivity index (χ2v) is 5.60. The fourth-order valence-corrected chi connectivity index (χ4v) is 3.16. The van der Waals surface area contributed by atoms with E-state index in [0.717, 1.165) is 12.1 Å². The molecule has 128 valence electrons. The van der Waals surface area contributed by atoms with Gasteiger partial charge >= 0.3 is 17.9 Å². The van der Waals surface area contributed by atoms with Gasteiger partial charge in [0.2, 0.25) is 0 Å². The monoisotopic (exact) mass is 341 g/mol. The van der Waals surface area contributed by atoms with Gasteiger partial charge in [-0.25, -0.2) is 0 Å². The van der Waals surface area contributed by atoms with E-state index in [9.17, 15) is 36.5 Å². The van der Waals surface area contributed by atoms with Crippen molar-refractivity contribution in [3.63, 3.8) is 0 Å². The molecule has 1 aliphatic carbocycles. The maximum absolute atomic E-state index is 13.4. The van der Waals surface area contributed by atoms with Crippen molar-refractivity contribution in [3.05, 3.63) is 45.5 Å². The SMILES string of the molecule is O=[N+]([O-])[C@]1(C(F)(F)F)CCCC[C@@H]1c1ccc(C(F)(F)F)cc1. The fraction of sp³-hybridized carbons (Fsp3) is 0.571. The molecule has 0 N–H and O–H groups in total. The first kappa shape index (κ1) is 17.6. The van der Waals surface area contributed by atoms with E-state index in [0.29, 0.717) is 18.6 Å². The topological polar surface area (TPSA) is 43.1 Å². The minimum atomic E-state index is -5.08. The van der Waals surface area contributed by atoms with Crippen molar-refractivity contribution in [1.29, 1.82) is 0 Å². The third-order valence-corrected chi connectivity index (χ3v) is 4.33. The van der Waals surface area contributed by atoms with Gasteiger partial charge in [-0.05, 0) is 30.5 Å². The van der Waals surface area contributed by atoms with Gasteiger partial charge in [0.05, 0.1) is 11.5 Å². The maximum atomic E-state index is 13.4. The smallest absolute Gasteiger partial charge is 0.264 e. The van der Waals surface area contributed by atoms with Crippen molar-refractivity contribution in [2.45, 2.75) is 49.5 Å². The van der Waals surface area contributed by atoms with Crippen LogP contribution in [0.4, 0.5) is 26.3 Å². The van der Waals surface area contributed by atoms with Gasteiger partial charge in [0.1, 0.15) is 0 Å². The van der Waals surface area contributed by atoms with Crippen molar-refractivity contribution >= 4 is 0 Å². The number of hydrogen-bond acceptors (Lipinski definition) is 2. The molecule has 1 aliphatic rings. The largest absolute Gasteiger partial charge is 0.461 e. The summed E-state index contributed by atoms with van der Waals surface area (Å²) in [6.45, 7) is 0. The number of nitro groups is 1. The molecule has 1 saturated carbocycles. The summed E-state index contributed by atoms with van der Waals surface area (Å²) >= 11 is 0. The van der Waals surface area contributed by atoms with Crippen LogP contribution in [0.25, 0.3) is 0 Å². The second kappa shape index (κ2) is 5.68. The van der Waals surface area contributed by atoms with Crippen molar-refractivity contribution in [1.82, 2.24) is 0 Å². The van der Waals surface area contributed by atoms with Crippen molar-refractivity contribution in [3.8, 4) is 0 Å². The van der Waals surface area contributed by atoms with Gasteiger partial charge in [0.25, 0.3) is 0 Å². The van der Waals surface area contributed by atoms with Gasteiger partial charge in [0.15, 0.2) is 0 Å². The number of hydrogen-bond donors (Lipinski definition) is 0. The lowest BCUT2D eigenvalue weighted by molar-refractivity contribution is -0.621. The zero-order chi connectivity index (χ0) is 17.5. The quantitative estimate of drug-likeness (QED) is 0.434. The first-order chi connectivity index (χ1) is 10.5. The van der Waals surface area contributed by atoms with Gasteiger partial charge < -0.3 is 0 Å². The van der Waals surface area contributed by atoms with Gasteiger partial charge in [-0.15, -0.1) is 0 Å². The summed E-state index contributed by atoms with van der Waals surface area (Å²) in [7, 11) is 0. The number of halogens is 6. The van der Waals surface area contributed by atoms with E-state index in [1.165, 1.54) is 0 Å². The summed E-state index contributed by atoms with van der Waals surface area (Å²) in [6, 6.07) is 3.13. The highest BCUT2D eigenvalue weighted by molar-refractivity contribution is 5.30. The second-order valence-electron chi connectivity index (χ2n) is 5.60. The molecular weight excluding hydrogens is 328 g/mol. The zero-order valence-electron chi connectivity index (χ0n) is 11.7. The van der Waals surface area contributed by atoms with Gasteiger partial charge in [-0.1, -0.05) is 18.6 Å². The Kier molecular flexibility index (Phi) is 4.34. The summed E-state index contributed by atoms with van der Waals surface area (Å²) in [4.78, 5) is 9.91. The summed E-state index contributed by atoms with van der Waals surface area (Å²) in [5.41, 5.74) is -4.24. The van der Waals surface area contributed by atoms with E-state index in [4.69, 9.17) is 0 Å². The lowest BCUT2D eigenvalue weighted by Gasteiger charge is -2.38. The van der Waals surface area contributed by atoms with Crippen LogP contribution in [0.3, 0.4) is 0 Å². The molecule has 3 nitrogen and oxygen atoms in total. The minimum absolute atomic E-state index is 0.0532. The average Bonchev–Trinajstić information content (AvgIpc) is 2.45. The van der Waals surface area contributed by atoms with Crippen LogP contribution in [0.15, 0.2) is 24.3 Å². The van der Waals surface area contributed by atoms with Gasteiger partial charge in [-0.3, -0.25) is 10.1 Å². The summed E-state index contributed by atoms with van der Waals surface area (Å²) in [6.07, 6.45) is -10.0. The number of nitrogens with zero attached hydrogens (tertiary/aromatic N) is 1. The van der Waals surface area contributed by atoms with E-state index < -0.39 is 40.7 Å². The lowest BCUT2D eigenvalue weighted by Crippen LogP contribution is -2.57. The molecule has 1 aromatic rings. The molecule has 0 radical (unpaired) electrons. The van der Waals surface area contributed by atoms with Gasteiger partial charge in [0, 0.05) is 11.3 Å². The molecule has 0 saturated heterocycles. The molecule has 0 spiro atoms. The third kappa shape index (κ3) is 3.00. The molecular formula is C14H13F6NO2. The van der Waals surface area contributed by atoms with E-state index in [1.54, 1.807) is 0 Å². The zero-order valence-corrected chi connectivity index (χ0v) is 11.7. The van der Waals surface area contributed by atoms with Crippen LogP contribution in [-0.2, 0) is 6.18 Å². The molecule has 0 bridgehead atoms. The molecule has 1 aromatic carbocycles. The lowest BCUT2D eigenvalue weighted by atomic mass is 9.69. The number of alkyl halides is 6. The Bertz CT molecular complexity index is 580. The Hall–Kier alpha value is -1.80. The Morgan fingerprint density at radius 1 is 1.04 bits per heavy atom. The molecule has 2 rings (SSSR count). The van der Waals surface area contributed by atoms with Crippen LogP contribution in [0.5, 0.6) is 0 Å². The van der Waals surface area contributed by atoms with Crippen LogP contribution >= 0.6 is 0 Å². The molecule has 0 aromatic heterocycles. The van der Waals surface area contributed by atoms with Crippen LogP contribution < -0.4 is 0 Å². The average molecular weight is 341 g/mol. The van der Waals surface area contributed by atoms with E-state index in [2.05, 4.69) is 0 Å². The van der Waals surface area contributed by atoms with E-state index in [1.807, 2.05) is 0 Å². The van der Waals surface area contributed by atoms with Crippen LogP contribution in [0.1, 0.15) is 42.7 Å². The van der Waals surface area contributed by atoms with Crippen molar-refractivity contribution < 1.29 is 31.3 Å². The molecule has 9 heteroatoms. The standard InChI is InChI=1S/C14H13F6NO2/c15-13(16,17)10-6-4-9(5-7-10)11-3-1-2-8-12(11,21(22)23)14(18,19)20/h4-7,11H,1-3,8H2/t11-,12-/m1/s1. The predicted molar refractivity (Wildman–Crippen MR) is 68.4 cm³/mol. The van der Waals surface area contributed by atoms with Gasteiger partial charge in [-0.2, -0.15) is 26.3 Å². The predicted octanol–water partition coefficient (Wildman–Crippen LogP) is 4.94. The van der Waals surface area contributed by atoms with Crippen LogP contribution in [0, 0.1) is 10.1 Å². The molecule has 23 heavy (non-hydrogen) atoms. The van der Waals surface area contributed by atoms with Crippen LogP contribution in [0.2, 0.25) is 0 Å². The first-order valence-corrected chi connectivity index (χ1v) is 6.88. The third-order valence-electron chi connectivity index (χ3n) is 4.33. The summed E-state index contributed by atoms with van der Waals surface area (Å²) in [5, 5.41) is 11.2. The molecule has 0 unspecified atom stereocenters. The number of benzene rings is 1. The summed E-state index contributed by atoms with van der Waals surface area (Å²) in [5.74, 6) is -1.49. The Labute approximate surface area is 127 Å². The normalized spacial score (nSPS) is 26.1. The molecule has 0 amide bonds. The van der Waals surface area contributed by atoms with Crippen molar-refractivity contribution in [2.24, 2.45) is 0 Å². The van der Waals surface area contributed by atoms with E-state index in [-0.39, 0.29) is 18.4 Å². The highest BCUT2D eigenvalue weighted by atomic mass is 19.4. The molecule has 1 fully saturated rings. The number of rotatable bonds is 2. The Morgan fingerprint density at radius 3 is 2.04 bits per heavy atom. The first-order valence-electron chi connectivity index (χ1n) is 6.88. The fourth-order valence-electron chi connectivity index (χ4n) is 3.16.